The van der Waals surface area contributed by atoms with Crippen molar-refractivity contribution in [2.24, 2.45) is 5.92 Å². The number of carbonyl (C=O) groups is 1. The molecule has 1 saturated carbocycles. The van der Waals surface area contributed by atoms with Crippen molar-refractivity contribution in [1.29, 1.82) is 0 Å². The van der Waals surface area contributed by atoms with Gasteiger partial charge in [-0.05, 0) is 29.5 Å². The number of rotatable bonds is 5. The minimum absolute atomic E-state index is 0.160. The molecule has 102 valence electrons. The summed E-state index contributed by atoms with van der Waals surface area (Å²) in [7, 11) is 0. The first-order chi connectivity index (χ1) is 9.74. The number of nitrogens with zero attached hydrogens (tertiary/aromatic N) is 1. The van der Waals surface area contributed by atoms with Gasteiger partial charge in [0.25, 0.3) is 0 Å². The van der Waals surface area contributed by atoms with E-state index in [1.165, 1.54) is 5.56 Å². The summed E-state index contributed by atoms with van der Waals surface area (Å²) in [5.41, 5.74) is 2.32. The summed E-state index contributed by atoms with van der Waals surface area (Å²) in [5, 5.41) is 9.90. The Balaban J connectivity index is 1.58. The highest BCUT2D eigenvalue weighted by atomic mass is 32.2. The van der Waals surface area contributed by atoms with Gasteiger partial charge in [-0.2, -0.15) is 0 Å². The maximum absolute atomic E-state index is 10.8. The molecule has 0 saturated heterocycles. The molecule has 1 fully saturated rings. The quantitative estimate of drug-likeness (QED) is 0.853. The Labute approximate surface area is 122 Å². The molecular weight excluding hydrogens is 270 g/mol. The molecule has 1 aromatic heterocycles. The number of benzene rings is 1. The third-order valence-corrected chi connectivity index (χ3v) is 4.54. The van der Waals surface area contributed by atoms with Crippen LogP contribution in [0.3, 0.4) is 0 Å². The number of aliphatic carboxylic acids is 1. The SMILES string of the molecule is O=C(O)C1CC1c1ccc(SCc2ccccc2)nc1. The van der Waals surface area contributed by atoms with Crippen LogP contribution in [0.4, 0.5) is 0 Å². The Hall–Kier alpha value is -1.81. The van der Waals surface area contributed by atoms with Crippen LogP contribution in [0.15, 0.2) is 53.7 Å². The Morgan fingerprint density at radius 3 is 2.65 bits per heavy atom. The Bertz CT molecular complexity index is 598. The van der Waals surface area contributed by atoms with Crippen molar-refractivity contribution in [3.8, 4) is 0 Å². The molecule has 0 aliphatic heterocycles. The van der Waals surface area contributed by atoms with Gasteiger partial charge in [-0.3, -0.25) is 4.79 Å². The number of thioether (sulfide) groups is 1. The summed E-state index contributed by atoms with van der Waals surface area (Å²) < 4.78 is 0. The maximum Gasteiger partial charge on any atom is 0.307 e. The molecule has 3 rings (SSSR count). The predicted molar refractivity (Wildman–Crippen MR) is 78.7 cm³/mol. The summed E-state index contributed by atoms with van der Waals surface area (Å²) in [6.07, 6.45) is 2.56. The van der Waals surface area contributed by atoms with E-state index in [0.29, 0.717) is 0 Å². The second-order valence-electron chi connectivity index (χ2n) is 4.99. The van der Waals surface area contributed by atoms with E-state index in [9.17, 15) is 4.79 Å². The fourth-order valence-corrected chi connectivity index (χ4v) is 3.06. The first-order valence-electron chi connectivity index (χ1n) is 6.59. The lowest BCUT2D eigenvalue weighted by molar-refractivity contribution is -0.138. The second kappa shape index (κ2) is 5.67. The van der Waals surface area contributed by atoms with Crippen molar-refractivity contribution in [2.45, 2.75) is 23.1 Å². The van der Waals surface area contributed by atoms with Crippen molar-refractivity contribution in [3.63, 3.8) is 0 Å². The summed E-state index contributed by atoms with van der Waals surface area (Å²) in [6, 6.07) is 14.3. The summed E-state index contributed by atoms with van der Waals surface area (Å²) in [4.78, 5) is 15.3. The first kappa shape index (κ1) is 13.2. The van der Waals surface area contributed by atoms with Gasteiger partial charge in [0, 0.05) is 11.9 Å². The number of hydrogen-bond acceptors (Lipinski definition) is 3. The molecule has 1 aliphatic rings. The van der Waals surface area contributed by atoms with Crippen LogP contribution in [-0.2, 0) is 10.5 Å². The van der Waals surface area contributed by atoms with Gasteiger partial charge in [0.15, 0.2) is 0 Å². The van der Waals surface area contributed by atoms with Gasteiger partial charge < -0.3 is 5.11 Å². The fourth-order valence-electron chi connectivity index (χ4n) is 2.26. The summed E-state index contributed by atoms with van der Waals surface area (Å²) in [5.74, 6) is 0.152. The Morgan fingerprint density at radius 1 is 1.25 bits per heavy atom. The van der Waals surface area contributed by atoms with E-state index < -0.39 is 5.97 Å². The number of carboxylic acid groups (broad SMARTS) is 1. The molecule has 1 heterocycles. The van der Waals surface area contributed by atoms with Gasteiger partial charge >= 0.3 is 5.97 Å². The fraction of sp³-hybridized carbons (Fsp3) is 0.250. The zero-order valence-corrected chi connectivity index (χ0v) is 11.7. The molecule has 1 aliphatic carbocycles. The van der Waals surface area contributed by atoms with Gasteiger partial charge in [-0.25, -0.2) is 4.98 Å². The maximum atomic E-state index is 10.8. The topological polar surface area (TPSA) is 50.2 Å². The zero-order valence-electron chi connectivity index (χ0n) is 10.9. The van der Waals surface area contributed by atoms with E-state index in [2.05, 4.69) is 17.1 Å². The number of carboxylic acids is 1. The monoisotopic (exact) mass is 285 g/mol. The second-order valence-corrected chi connectivity index (χ2v) is 5.99. The normalized spacial score (nSPS) is 20.6. The third-order valence-electron chi connectivity index (χ3n) is 3.52. The van der Waals surface area contributed by atoms with Crippen LogP contribution in [0.1, 0.15) is 23.5 Å². The van der Waals surface area contributed by atoms with E-state index in [1.54, 1.807) is 11.8 Å². The molecule has 0 spiro atoms. The number of hydrogen-bond donors (Lipinski definition) is 1. The van der Waals surface area contributed by atoms with Gasteiger partial charge in [0.1, 0.15) is 0 Å². The highest BCUT2D eigenvalue weighted by molar-refractivity contribution is 7.98. The predicted octanol–water partition coefficient (Wildman–Crippen LogP) is 3.56. The van der Waals surface area contributed by atoms with E-state index in [4.69, 9.17) is 5.11 Å². The van der Waals surface area contributed by atoms with Gasteiger partial charge in [0.05, 0.1) is 10.9 Å². The molecule has 4 heteroatoms. The molecule has 2 aromatic rings. The van der Waals surface area contributed by atoms with Crippen LogP contribution in [0.25, 0.3) is 0 Å². The summed E-state index contributed by atoms with van der Waals surface area (Å²) in [6.45, 7) is 0. The van der Waals surface area contributed by atoms with E-state index in [-0.39, 0.29) is 11.8 Å². The lowest BCUT2D eigenvalue weighted by Gasteiger charge is -2.03. The van der Waals surface area contributed by atoms with Crippen LogP contribution >= 0.6 is 11.8 Å². The van der Waals surface area contributed by atoms with Crippen molar-refractivity contribution in [3.05, 3.63) is 59.8 Å². The highest BCUT2D eigenvalue weighted by Crippen LogP contribution is 2.47. The molecule has 2 unspecified atom stereocenters. The Kier molecular flexibility index (Phi) is 3.74. The van der Waals surface area contributed by atoms with Crippen molar-refractivity contribution in [1.82, 2.24) is 4.98 Å². The molecule has 1 aromatic carbocycles. The lowest BCUT2D eigenvalue weighted by Crippen LogP contribution is -1.99. The van der Waals surface area contributed by atoms with Gasteiger partial charge in [-0.15, -0.1) is 11.8 Å². The molecule has 0 radical (unpaired) electrons. The van der Waals surface area contributed by atoms with Crippen LogP contribution in [0.2, 0.25) is 0 Å². The van der Waals surface area contributed by atoms with Crippen LogP contribution in [-0.4, -0.2) is 16.1 Å². The van der Waals surface area contributed by atoms with Gasteiger partial charge in [-0.1, -0.05) is 36.4 Å². The molecule has 0 bridgehead atoms. The number of aromatic nitrogens is 1. The summed E-state index contributed by atoms with van der Waals surface area (Å²) >= 11 is 1.69. The Morgan fingerprint density at radius 2 is 2.05 bits per heavy atom. The molecule has 0 amide bonds. The van der Waals surface area contributed by atoms with E-state index in [0.717, 1.165) is 22.8 Å². The van der Waals surface area contributed by atoms with E-state index >= 15 is 0 Å². The molecular formula is C16H15NO2S. The van der Waals surface area contributed by atoms with Crippen LogP contribution in [0.5, 0.6) is 0 Å². The average Bonchev–Trinajstić information content (AvgIpc) is 3.27. The van der Waals surface area contributed by atoms with Crippen molar-refractivity contribution >= 4 is 17.7 Å². The first-order valence-corrected chi connectivity index (χ1v) is 7.58. The molecule has 3 nitrogen and oxygen atoms in total. The van der Waals surface area contributed by atoms with Crippen LogP contribution in [0, 0.1) is 5.92 Å². The standard InChI is InChI=1S/C16H15NO2S/c18-16(19)14-8-13(14)12-6-7-15(17-9-12)20-10-11-4-2-1-3-5-11/h1-7,9,13-14H,8,10H2,(H,18,19). The minimum atomic E-state index is -0.697. The third kappa shape index (κ3) is 3.02. The molecule has 1 N–H and O–H groups in total. The molecule has 20 heavy (non-hydrogen) atoms. The zero-order chi connectivity index (χ0) is 13.9. The largest absolute Gasteiger partial charge is 0.481 e. The van der Waals surface area contributed by atoms with E-state index in [1.807, 2.05) is 36.5 Å². The van der Waals surface area contributed by atoms with Crippen molar-refractivity contribution < 1.29 is 9.90 Å². The average molecular weight is 285 g/mol. The highest BCUT2D eigenvalue weighted by Gasteiger charge is 2.44. The number of pyridine rings is 1. The van der Waals surface area contributed by atoms with Crippen LogP contribution < -0.4 is 0 Å². The smallest absolute Gasteiger partial charge is 0.307 e. The van der Waals surface area contributed by atoms with Crippen molar-refractivity contribution in [2.75, 3.05) is 0 Å². The van der Waals surface area contributed by atoms with Gasteiger partial charge in [0.2, 0.25) is 0 Å². The minimum Gasteiger partial charge on any atom is -0.481 e. The lowest BCUT2D eigenvalue weighted by atomic mass is 10.1. The molecule has 2 atom stereocenters.